The lowest BCUT2D eigenvalue weighted by atomic mass is 9.91. The Kier molecular flexibility index (Phi) is 16.5. The highest BCUT2D eigenvalue weighted by Crippen LogP contribution is 2.34. The molecule has 12 nitrogen and oxygen atoms in total. The largest absolute Gasteiger partial charge is 0.466 e. The van der Waals surface area contributed by atoms with Crippen molar-refractivity contribution in [1.82, 2.24) is 29.7 Å². The Morgan fingerprint density at radius 2 is 1.48 bits per heavy atom. The number of benzene rings is 2. The van der Waals surface area contributed by atoms with Crippen molar-refractivity contribution in [2.75, 3.05) is 44.3 Å². The second kappa shape index (κ2) is 22.2. The maximum Gasteiger partial charge on any atom is 0.341 e. The van der Waals surface area contributed by atoms with Gasteiger partial charge in [-0.2, -0.15) is 0 Å². The summed E-state index contributed by atoms with van der Waals surface area (Å²) in [5.41, 5.74) is 6.97. The minimum Gasteiger partial charge on any atom is -0.466 e. The van der Waals surface area contributed by atoms with E-state index in [0.717, 1.165) is 69.3 Å². The van der Waals surface area contributed by atoms with Crippen molar-refractivity contribution in [3.8, 4) is 0 Å². The number of nitrogens with one attached hydrogen (secondary N) is 2. The number of ether oxygens (including phenoxy) is 2. The van der Waals surface area contributed by atoms with E-state index in [9.17, 15) is 14.4 Å². The molecule has 4 atom stereocenters. The molecule has 5 aromatic heterocycles. The van der Waals surface area contributed by atoms with Gasteiger partial charge < -0.3 is 24.7 Å². The van der Waals surface area contributed by atoms with Crippen LogP contribution in [0.4, 0.5) is 5.69 Å². The molecule has 0 aliphatic carbocycles. The predicted octanol–water partition coefficient (Wildman–Crippen LogP) is 10.4. The Morgan fingerprint density at radius 1 is 0.810 bits per heavy atom. The molecule has 332 valence electrons. The third-order valence-electron chi connectivity index (χ3n) is 11.0. The van der Waals surface area contributed by atoms with Crippen LogP contribution in [0.5, 0.6) is 0 Å². The van der Waals surface area contributed by atoms with Crippen molar-refractivity contribution in [3.63, 3.8) is 0 Å². The average Bonchev–Trinajstić information content (AvgIpc) is 3.85. The summed E-state index contributed by atoms with van der Waals surface area (Å²) < 4.78 is 12.3. The molecule has 0 saturated carbocycles. The first kappa shape index (κ1) is 46.9. The van der Waals surface area contributed by atoms with Gasteiger partial charge in [-0.05, 0) is 111 Å². The van der Waals surface area contributed by atoms with Crippen LogP contribution in [0.1, 0.15) is 80.8 Å². The lowest BCUT2D eigenvalue weighted by Gasteiger charge is -2.37. The molecule has 2 aliphatic heterocycles. The zero-order chi connectivity index (χ0) is 45.0. The van der Waals surface area contributed by atoms with E-state index >= 15 is 0 Å². The van der Waals surface area contributed by atoms with Crippen LogP contribution in [0, 0.1) is 23.7 Å². The third-order valence-corrected chi connectivity index (χ3v) is 11.6. The Hall–Kier alpha value is -5.56. The molecule has 0 unspecified atom stereocenters. The van der Waals surface area contributed by atoms with Crippen molar-refractivity contribution in [1.29, 1.82) is 0 Å². The number of rotatable bonds is 7. The zero-order valence-electron chi connectivity index (χ0n) is 36.9. The molecule has 2 aromatic carbocycles. The van der Waals surface area contributed by atoms with Crippen LogP contribution in [0.3, 0.4) is 0 Å². The molecule has 14 heteroatoms. The summed E-state index contributed by atoms with van der Waals surface area (Å²) in [5, 5.41) is 5.93. The van der Waals surface area contributed by atoms with Gasteiger partial charge in [0.15, 0.2) is 11.9 Å². The van der Waals surface area contributed by atoms with Crippen LogP contribution in [0.25, 0.3) is 38.6 Å². The smallest absolute Gasteiger partial charge is 0.341 e. The first-order valence-corrected chi connectivity index (χ1v) is 22.4. The average molecular weight is 895 g/mol. The number of hydrogen-bond donors (Lipinski definition) is 2. The lowest BCUT2D eigenvalue weighted by Crippen LogP contribution is -2.38. The van der Waals surface area contributed by atoms with Gasteiger partial charge in [-0.1, -0.05) is 81.2 Å². The summed E-state index contributed by atoms with van der Waals surface area (Å²) in [4.78, 5) is 53.1. The van der Waals surface area contributed by atoms with E-state index in [-0.39, 0.29) is 22.7 Å². The number of hydrogen-bond acceptors (Lipinski definition) is 10. The molecule has 9 rings (SSSR count). The summed E-state index contributed by atoms with van der Waals surface area (Å²) >= 11 is 11.1. The number of imidazole rings is 1. The Morgan fingerprint density at radius 3 is 2.11 bits per heavy atom. The van der Waals surface area contributed by atoms with Crippen LogP contribution in [-0.2, 0) is 20.7 Å². The second-order valence-electron chi connectivity index (χ2n) is 16.5. The minimum atomic E-state index is -0.352. The van der Waals surface area contributed by atoms with Gasteiger partial charge in [0, 0.05) is 47.8 Å². The summed E-state index contributed by atoms with van der Waals surface area (Å²) in [6.45, 7) is 18.1. The molecule has 0 bridgehead atoms. The number of anilines is 1. The fourth-order valence-electron chi connectivity index (χ4n) is 8.45. The number of para-hydroxylation sites is 3. The molecule has 0 spiro atoms. The van der Waals surface area contributed by atoms with Crippen LogP contribution >= 0.6 is 23.2 Å². The Balaban J connectivity index is 0.000000165. The van der Waals surface area contributed by atoms with Crippen molar-refractivity contribution >= 4 is 85.7 Å². The van der Waals surface area contributed by atoms with Gasteiger partial charge >= 0.3 is 11.9 Å². The highest BCUT2D eigenvalue weighted by atomic mass is 35.5. The number of nitrogens with zero attached hydrogens (tertiary/aromatic N) is 5. The molecule has 2 N–H and O–H groups in total. The number of H-pyrrole nitrogens is 1. The number of carbonyl (C=O) groups is 3. The topological polar surface area (TPSA) is 144 Å². The van der Waals surface area contributed by atoms with Crippen molar-refractivity contribution in [2.24, 2.45) is 23.7 Å². The van der Waals surface area contributed by atoms with Gasteiger partial charge in [0.25, 0.3) is 0 Å². The van der Waals surface area contributed by atoms with Crippen molar-refractivity contribution in [2.45, 2.75) is 60.8 Å². The van der Waals surface area contributed by atoms with Crippen LogP contribution in [-0.4, -0.2) is 82.0 Å². The number of fused-ring (bicyclic) bond motifs is 6. The lowest BCUT2D eigenvalue weighted by molar-refractivity contribution is -0.142. The van der Waals surface area contributed by atoms with E-state index in [0.29, 0.717) is 54.0 Å². The maximum atomic E-state index is 12.9. The second-order valence-corrected chi connectivity index (χ2v) is 17.3. The van der Waals surface area contributed by atoms with Crippen molar-refractivity contribution < 1.29 is 23.9 Å². The molecule has 2 aliphatic rings. The van der Waals surface area contributed by atoms with Crippen molar-refractivity contribution in [3.05, 3.63) is 112 Å². The maximum absolute atomic E-state index is 12.9. The van der Waals surface area contributed by atoms with Gasteiger partial charge in [0.1, 0.15) is 16.4 Å². The number of aldehydes is 1. The number of esters is 2. The van der Waals surface area contributed by atoms with E-state index in [1.165, 1.54) is 38.2 Å². The molecule has 7 aromatic rings. The number of piperidine rings is 2. The van der Waals surface area contributed by atoms with E-state index in [1.807, 2.05) is 85.1 Å². The zero-order valence-corrected chi connectivity index (χ0v) is 38.4. The number of aromatic nitrogens is 5. The van der Waals surface area contributed by atoms with Gasteiger partial charge in [-0.25, -0.2) is 19.7 Å². The van der Waals surface area contributed by atoms with E-state index < -0.39 is 0 Å². The monoisotopic (exact) mass is 893 g/mol. The normalized spacial score (nSPS) is 18.4. The van der Waals surface area contributed by atoms with Crippen LogP contribution in [0.2, 0.25) is 10.2 Å². The third kappa shape index (κ3) is 11.9. The molecular formula is C49H57Cl2N7O5. The van der Waals surface area contributed by atoms with Crippen LogP contribution < -0.4 is 10.2 Å². The molecule has 7 heterocycles. The molecule has 0 radical (unpaired) electrons. The SMILES string of the molecule is CCOC(=O)Cc1cc2ccccc2[nH]1.CCOC(=O)c1cc2c(N3C[C@H](C)C[C@H](C)C3)ccnc2n2c1nc1ccccc12.C[C@@H]1CNC[C@H](C)C1.O=Cc1c(Cl)ccnc1Cl. The molecule has 2 fully saturated rings. The number of carbonyl (C=O) groups excluding carboxylic acids is 3. The Bertz CT molecular complexity index is 2590. The van der Waals surface area contributed by atoms with Gasteiger partial charge in [0.05, 0.1) is 41.3 Å². The van der Waals surface area contributed by atoms with Gasteiger partial charge in [0.2, 0.25) is 0 Å². The summed E-state index contributed by atoms with van der Waals surface area (Å²) in [7, 11) is 0. The Labute approximate surface area is 378 Å². The van der Waals surface area contributed by atoms with E-state index in [4.69, 9.17) is 42.6 Å². The highest BCUT2D eigenvalue weighted by molar-refractivity contribution is 6.37. The minimum absolute atomic E-state index is 0.141. The van der Waals surface area contributed by atoms with Crippen LogP contribution in [0.15, 0.2) is 85.2 Å². The number of pyridine rings is 3. The standard InChI is InChI=1S/C24H26N4O2.C12H13NO2.C7H15N.C6H3Cl2NO/c1-4-30-24(29)18-12-17-20(27-13-15(2)11-16(3)14-27)9-10-25-22(17)28-21-8-6-5-7-19(21)26-23(18)28;1-2-15-12(14)8-10-7-9-5-3-4-6-11(9)13-10;1-6-3-7(2)5-8-4-6;7-5-1-2-9-6(8)4(5)3-10/h5-10,12,15-16H,4,11,13-14H2,1-3H3;3-7,13H,2,8H2,1H3;6-8H,3-5H2,1-2H3;1-3H/t15-,16+;;6-,7+;. The first-order valence-electron chi connectivity index (χ1n) is 21.7. The molecular weight excluding hydrogens is 837 g/mol. The van der Waals surface area contributed by atoms with E-state index in [2.05, 4.69) is 53.9 Å². The summed E-state index contributed by atoms with van der Waals surface area (Å²) in [5.74, 6) is 2.51. The van der Waals surface area contributed by atoms with Gasteiger partial charge in [-0.3, -0.25) is 14.0 Å². The quantitative estimate of drug-likeness (QED) is 0.0901. The molecule has 0 amide bonds. The number of halogens is 2. The predicted molar refractivity (Wildman–Crippen MR) is 253 cm³/mol. The highest BCUT2D eigenvalue weighted by Gasteiger charge is 2.26. The molecule has 63 heavy (non-hydrogen) atoms. The fourth-order valence-corrected chi connectivity index (χ4v) is 8.89. The van der Waals surface area contributed by atoms with Gasteiger partial charge in [-0.15, -0.1) is 0 Å². The number of aromatic amines is 1. The fraction of sp³-hybridized carbons (Fsp3) is 0.388. The molecule has 2 saturated heterocycles. The summed E-state index contributed by atoms with van der Waals surface area (Å²) in [6, 6.07) is 23.3. The first-order chi connectivity index (χ1) is 30.4. The summed E-state index contributed by atoms with van der Waals surface area (Å²) in [6.07, 6.45) is 6.84. The van der Waals surface area contributed by atoms with E-state index in [1.54, 1.807) is 0 Å².